The number of amides is 1. The van der Waals surface area contributed by atoms with Gasteiger partial charge in [0.05, 0.1) is 5.69 Å². The fraction of sp³-hybridized carbons (Fsp3) is 0.368. The molecule has 1 amide bonds. The molecule has 0 radical (unpaired) electrons. The van der Waals surface area contributed by atoms with Crippen LogP contribution >= 0.6 is 24.0 Å². The zero-order chi connectivity index (χ0) is 20.1. The van der Waals surface area contributed by atoms with Gasteiger partial charge < -0.3 is 25.3 Å². The van der Waals surface area contributed by atoms with Gasteiger partial charge in [0.25, 0.3) is 5.91 Å². The van der Waals surface area contributed by atoms with Gasteiger partial charge in [-0.25, -0.2) is 13.8 Å². The van der Waals surface area contributed by atoms with E-state index in [0.717, 1.165) is 12.1 Å². The lowest BCUT2D eigenvalue weighted by Gasteiger charge is -2.37. The van der Waals surface area contributed by atoms with Gasteiger partial charge in [0.1, 0.15) is 23.9 Å². The van der Waals surface area contributed by atoms with Crippen molar-refractivity contribution in [2.45, 2.75) is 13.5 Å². The largest absolute Gasteiger partial charge is 0.454 e. The number of nitrogens with zero attached hydrogens (tertiary/aromatic N) is 3. The molecule has 1 aliphatic heterocycles. The highest BCUT2D eigenvalue weighted by Crippen LogP contribution is 2.22. The van der Waals surface area contributed by atoms with E-state index in [9.17, 15) is 13.6 Å². The minimum absolute atomic E-state index is 0. The third kappa shape index (κ3) is 5.81. The molecule has 1 aliphatic rings. The molecule has 10 heteroatoms. The monoisotopic (exact) mass is 519 g/mol. The van der Waals surface area contributed by atoms with Gasteiger partial charge in [0, 0.05) is 38.8 Å². The van der Waals surface area contributed by atoms with Crippen molar-refractivity contribution in [2.75, 3.05) is 37.6 Å². The molecule has 1 aromatic heterocycles. The molecular weight excluding hydrogens is 495 g/mol. The second kappa shape index (κ2) is 10.4. The summed E-state index contributed by atoms with van der Waals surface area (Å²) in [5.74, 6) is -0.187. The van der Waals surface area contributed by atoms with Gasteiger partial charge in [0.2, 0.25) is 0 Å². The van der Waals surface area contributed by atoms with E-state index in [0.29, 0.717) is 44.4 Å². The number of carbonyl (C=O) groups excluding carboxylic acids is 1. The Morgan fingerprint density at radius 2 is 1.93 bits per heavy atom. The summed E-state index contributed by atoms with van der Waals surface area (Å²) in [7, 11) is 0. The minimum Gasteiger partial charge on any atom is -0.454 e. The predicted molar refractivity (Wildman–Crippen MR) is 118 cm³/mol. The van der Waals surface area contributed by atoms with Gasteiger partial charge in [-0.05, 0) is 31.2 Å². The predicted octanol–water partition coefficient (Wildman–Crippen LogP) is 2.56. The van der Waals surface area contributed by atoms with Crippen molar-refractivity contribution in [1.29, 1.82) is 0 Å². The Labute approximate surface area is 185 Å². The molecule has 0 spiro atoms. The van der Waals surface area contributed by atoms with Gasteiger partial charge in [-0.2, -0.15) is 0 Å². The summed E-state index contributed by atoms with van der Waals surface area (Å²) in [4.78, 5) is 19.5. The zero-order valence-corrected chi connectivity index (χ0v) is 18.4. The van der Waals surface area contributed by atoms with E-state index in [2.05, 4.69) is 15.2 Å². The van der Waals surface area contributed by atoms with Crippen molar-refractivity contribution in [3.05, 3.63) is 53.5 Å². The van der Waals surface area contributed by atoms with Gasteiger partial charge in [-0.1, -0.05) is 0 Å². The van der Waals surface area contributed by atoms with Crippen LogP contribution in [-0.4, -0.2) is 49.5 Å². The summed E-state index contributed by atoms with van der Waals surface area (Å²) < 4.78 is 32.8. The number of nitrogens with two attached hydrogens (primary N) is 1. The number of benzene rings is 1. The molecule has 1 saturated heterocycles. The second-order valence-electron chi connectivity index (χ2n) is 6.37. The summed E-state index contributed by atoms with van der Waals surface area (Å²) in [6.07, 6.45) is 0. The number of anilines is 1. The van der Waals surface area contributed by atoms with Gasteiger partial charge in [0.15, 0.2) is 11.7 Å². The number of guanidine groups is 1. The first-order chi connectivity index (χ1) is 13.5. The molecular formula is C19H24F2IN5O2. The maximum atomic E-state index is 14.0. The summed E-state index contributed by atoms with van der Waals surface area (Å²) >= 11 is 0. The Bertz CT molecular complexity index is 866. The topological polar surface area (TPSA) is 87.1 Å². The maximum absolute atomic E-state index is 14.0. The van der Waals surface area contributed by atoms with Crippen LogP contribution in [-0.2, 0) is 6.54 Å². The van der Waals surface area contributed by atoms with Crippen LogP contribution in [0, 0.1) is 11.6 Å². The fourth-order valence-corrected chi connectivity index (χ4v) is 3.06. The average Bonchev–Trinajstić information content (AvgIpc) is 3.17. The molecule has 1 aromatic carbocycles. The molecule has 0 aliphatic carbocycles. The molecule has 29 heavy (non-hydrogen) atoms. The highest BCUT2D eigenvalue weighted by Gasteiger charge is 2.22. The molecule has 3 N–H and O–H groups in total. The first kappa shape index (κ1) is 22.9. The standard InChI is InChI=1S/C19H23F2N5O2.HI/c1-2-23-19(24-12-14-4-6-17(28-14)18(22)27)26-9-7-25(8-10-26)16-11-13(20)3-5-15(16)21;/h3-6,11H,2,7-10,12H2,1H3,(H2,22,27)(H,23,24);1H. The lowest BCUT2D eigenvalue weighted by Crippen LogP contribution is -2.52. The van der Waals surface area contributed by atoms with E-state index in [1.165, 1.54) is 12.1 Å². The van der Waals surface area contributed by atoms with E-state index < -0.39 is 17.5 Å². The fourth-order valence-electron chi connectivity index (χ4n) is 3.06. The number of carbonyl (C=O) groups is 1. The SMILES string of the molecule is CCNC(=NCc1ccc(C(N)=O)o1)N1CCN(c2cc(F)ccc2F)CC1.I. The Hall–Kier alpha value is -2.37. The Balaban J connectivity index is 0.00000300. The first-order valence-corrected chi connectivity index (χ1v) is 9.09. The minimum atomic E-state index is -0.622. The number of furan rings is 1. The molecule has 2 aromatic rings. The van der Waals surface area contributed by atoms with Crippen molar-refractivity contribution < 1.29 is 18.0 Å². The molecule has 0 saturated carbocycles. The third-order valence-corrected chi connectivity index (χ3v) is 4.45. The van der Waals surface area contributed by atoms with Crippen LogP contribution < -0.4 is 16.0 Å². The molecule has 7 nitrogen and oxygen atoms in total. The lowest BCUT2D eigenvalue weighted by atomic mass is 10.2. The van der Waals surface area contributed by atoms with Crippen LogP contribution in [0.1, 0.15) is 23.2 Å². The number of rotatable bonds is 5. The summed E-state index contributed by atoms with van der Waals surface area (Å²) in [5.41, 5.74) is 5.46. The third-order valence-electron chi connectivity index (χ3n) is 4.45. The maximum Gasteiger partial charge on any atom is 0.284 e. The summed E-state index contributed by atoms with van der Waals surface area (Å²) in [6, 6.07) is 6.66. The number of hydrogen-bond acceptors (Lipinski definition) is 4. The summed E-state index contributed by atoms with van der Waals surface area (Å²) in [5, 5.41) is 3.22. The summed E-state index contributed by atoms with van der Waals surface area (Å²) in [6.45, 7) is 5.19. The van der Waals surface area contributed by atoms with Crippen molar-refractivity contribution in [2.24, 2.45) is 10.7 Å². The number of nitrogens with one attached hydrogen (secondary N) is 1. The Morgan fingerprint density at radius 1 is 1.21 bits per heavy atom. The molecule has 158 valence electrons. The van der Waals surface area contributed by atoms with Crippen molar-refractivity contribution in [1.82, 2.24) is 10.2 Å². The van der Waals surface area contributed by atoms with Crippen LogP contribution in [0.25, 0.3) is 0 Å². The highest BCUT2D eigenvalue weighted by atomic mass is 127. The van der Waals surface area contributed by atoms with E-state index in [4.69, 9.17) is 10.2 Å². The number of piperazine rings is 1. The molecule has 0 bridgehead atoms. The van der Waals surface area contributed by atoms with Gasteiger partial charge >= 0.3 is 0 Å². The van der Waals surface area contributed by atoms with Crippen LogP contribution in [0.2, 0.25) is 0 Å². The van der Waals surface area contributed by atoms with Gasteiger partial charge in [-0.3, -0.25) is 4.79 Å². The van der Waals surface area contributed by atoms with Crippen LogP contribution in [0.4, 0.5) is 14.5 Å². The number of aliphatic imine (C=N–C) groups is 1. The number of halogens is 3. The highest BCUT2D eigenvalue weighted by molar-refractivity contribution is 14.0. The smallest absolute Gasteiger partial charge is 0.284 e. The van der Waals surface area contributed by atoms with Crippen molar-refractivity contribution >= 4 is 41.5 Å². The zero-order valence-electron chi connectivity index (χ0n) is 16.0. The second-order valence-corrected chi connectivity index (χ2v) is 6.37. The van der Waals surface area contributed by atoms with Crippen LogP contribution in [0.5, 0.6) is 0 Å². The molecule has 1 fully saturated rings. The quantitative estimate of drug-likeness (QED) is 0.361. The van der Waals surface area contributed by atoms with E-state index >= 15 is 0 Å². The molecule has 0 atom stereocenters. The van der Waals surface area contributed by atoms with E-state index in [-0.39, 0.29) is 42.0 Å². The number of hydrogen-bond donors (Lipinski definition) is 2. The molecule has 3 rings (SSSR count). The van der Waals surface area contributed by atoms with Crippen molar-refractivity contribution in [3.63, 3.8) is 0 Å². The first-order valence-electron chi connectivity index (χ1n) is 9.09. The van der Waals surface area contributed by atoms with E-state index in [1.807, 2.05) is 11.8 Å². The number of primary amides is 1. The Kier molecular flexibility index (Phi) is 8.23. The Morgan fingerprint density at radius 3 is 2.55 bits per heavy atom. The molecule has 0 unspecified atom stereocenters. The van der Waals surface area contributed by atoms with Gasteiger partial charge in [-0.15, -0.1) is 24.0 Å². The normalized spacial score (nSPS) is 14.5. The van der Waals surface area contributed by atoms with Crippen LogP contribution in [0.15, 0.2) is 39.7 Å². The van der Waals surface area contributed by atoms with Crippen molar-refractivity contribution in [3.8, 4) is 0 Å². The lowest BCUT2D eigenvalue weighted by molar-refractivity contribution is 0.0972. The van der Waals surface area contributed by atoms with Crippen LogP contribution in [0.3, 0.4) is 0 Å². The average molecular weight is 519 g/mol. The van der Waals surface area contributed by atoms with E-state index in [1.54, 1.807) is 6.07 Å². The molecule has 2 heterocycles.